The molecule has 1 unspecified atom stereocenters. The molecule has 2 rings (SSSR count). The summed E-state index contributed by atoms with van der Waals surface area (Å²) in [6.45, 7) is 5.08. The van der Waals surface area contributed by atoms with Gasteiger partial charge >= 0.3 is 0 Å². The van der Waals surface area contributed by atoms with Crippen LogP contribution in [0.3, 0.4) is 0 Å². The molecule has 1 aromatic heterocycles. The predicted molar refractivity (Wildman–Crippen MR) is 76.7 cm³/mol. The molecule has 0 saturated carbocycles. The number of hydrogen-bond donors (Lipinski definition) is 2. The maximum atomic E-state index is 5.68. The average molecular weight is 241 g/mol. The summed E-state index contributed by atoms with van der Waals surface area (Å²) in [7, 11) is 0. The fourth-order valence-electron chi connectivity index (χ4n) is 1.93. The van der Waals surface area contributed by atoms with Gasteiger partial charge in [0.2, 0.25) is 0 Å². The topological polar surface area (TPSA) is 50.9 Å². The largest absolute Gasteiger partial charge is 0.397 e. The van der Waals surface area contributed by atoms with Crippen molar-refractivity contribution in [2.75, 3.05) is 17.6 Å². The zero-order chi connectivity index (χ0) is 13.0. The lowest BCUT2D eigenvalue weighted by Crippen LogP contribution is -2.11. The van der Waals surface area contributed by atoms with E-state index in [1.807, 2.05) is 19.1 Å². The summed E-state index contributed by atoms with van der Waals surface area (Å²) in [4.78, 5) is 4.31. The maximum absolute atomic E-state index is 5.68. The molecular weight excluding hydrogens is 222 g/mol. The summed E-state index contributed by atoms with van der Waals surface area (Å²) >= 11 is 0. The standard InChI is InChI=1S/C15H19N3/c1-11-8-14(16)10-18-15(11)17-9-12(2)13-6-4-3-5-7-13/h3-8,10,12H,9,16H2,1-2H3,(H,17,18). The normalized spacial score (nSPS) is 12.1. The first-order chi connectivity index (χ1) is 8.66. The molecule has 3 N–H and O–H groups in total. The van der Waals surface area contributed by atoms with Crippen LogP contribution in [0.25, 0.3) is 0 Å². The van der Waals surface area contributed by atoms with Gasteiger partial charge in [-0.3, -0.25) is 0 Å². The van der Waals surface area contributed by atoms with Gasteiger partial charge in [0, 0.05) is 6.54 Å². The van der Waals surface area contributed by atoms with E-state index >= 15 is 0 Å². The van der Waals surface area contributed by atoms with Gasteiger partial charge in [-0.15, -0.1) is 0 Å². The fourth-order valence-corrected chi connectivity index (χ4v) is 1.93. The Kier molecular flexibility index (Phi) is 3.82. The second-order valence-corrected chi connectivity index (χ2v) is 4.63. The number of aryl methyl sites for hydroxylation is 1. The highest BCUT2D eigenvalue weighted by atomic mass is 15.0. The quantitative estimate of drug-likeness (QED) is 0.864. The highest BCUT2D eigenvalue weighted by molar-refractivity contribution is 5.50. The van der Waals surface area contributed by atoms with Gasteiger partial charge in [0.15, 0.2) is 0 Å². The van der Waals surface area contributed by atoms with E-state index in [9.17, 15) is 0 Å². The summed E-state index contributed by atoms with van der Waals surface area (Å²) in [5.74, 6) is 1.36. The Morgan fingerprint density at radius 2 is 2.00 bits per heavy atom. The zero-order valence-electron chi connectivity index (χ0n) is 10.9. The lowest BCUT2D eigenvalue weighted by molar-refractivity contribution is 0.800. The first-order valence-corrected chi connectivity index (χ1v) is 6.18. The van der Waals surface area contributed by atoms with Gasteiger partial charge in [-0.05, 0) is 30.0 Å². The van der Waals surface area contributed by atoms with Crippen LogP contribution in [0.5, 0.6) is 0 Å². The van der Waals surface area contributed by atoms with Crippen LogP contribution in [-0.2, 0) is 0 Å². The Morgan fingerprint density at radius 1 is 1.28 bits per heavy atom. The number of hydrogen-bond acceptors (Lipinski definition) is 3. The van der Waals surface area contributed by atoms with Crippen LogP contribution in [0.1, 0.15) is 24.0 Å². The van der Waals surface area contributed by atoms with Gasteiger partial charge in [0.05, 0.1) is 11.9 Å². The third kappa shape index (κ3) is 3.00. The first kappa shape index (κ1) is 12.4. The zero-order valence-corrected chi connectivity index (χ0v) is 10.9. The molecule has 1 atom stereocenters. The molecule has 18 heavy (non-hydrogen) atoms. The minimum atomic E-state index is 0.449. The number of nitrogens with two attached hydrogens (primary N) is 1. The highest BCUT2D eigenvalue weighted by Gasteiger charge is 2.06. The van der Waals surface area contributed by atoms with Crippen LogP contribution < -0.4 is 11.1 Å². The molecule has 0 saturated heterocycles. The van der Waals surface area contributed by atoms with E-state index < -0.39 is 0 Å². The Balaban J connectivity index is 1.99. The lowest BCUT2D eigenvalue weighted by Gasteiger charge is -2.14. The number of nitrogens with zero attached hydrogens (tertiary/aromatic N) is 1. The van der Waals surface area contributed by atoms with Crippen molar-refractivity contribution in [3.63, 3.8) is 0 Å². The molecule has 0 fully saturated rings. The van der Waals surface area contributed by atoms with Crippen molar-refractivity contribution in [3.05, 3.63) is 53.7 Å². The van der Waals surface area contributed by atoms with Gasteiger partial charge in [-0.2, -0.15) is 0 Å². The van der Waals surface area contributed by atoms with Crippen molar-refractivity contribution in [1.82, 2.24) is 4.98 Å². The van der Waals surface area contributed by atoms with Gasteiger partial charge in [0.25, 0.3) is 0 Å². The van der Waals surface area contributed by atoms with Crippen LogP contribution >= 0.6 is 0 Å². The molecule has 2 aromatic rings. The summed E-state index contributed by atoms with van der Waals surface area (Å²) in [5, 5.41) is 3.37. The van der Waals surface area contributed by atoms with E-state index in [-0.39, 0.29) is 0 Å². The van der Waals surface area contributed by atoms with E-state index in [2.05, 4.69) is 41.5 Å². The third-order valence-corrected chi connectivity index (χ3v) is 3.04. The van der Waals surface area contributed by atoms with Crippen molar-refractivity contribution in [1.29, 1.82) is 0 Å². The monoisotopic (exact) mass is 241 g/mol. The molecule has 3 heteroatoms. The van der Waals surface area contributed by atoms with E-state index in [0.29, 0.717) is 11.6 Å². The van der Waals surface area contributed by atoms with E-state index in [0.717, 1.165) is 17.9 Å². The number of anilines is 2. The molecule has 3 nitrogen and oxygen atoms in total. The van der Waals surface area contributed by atoms with Crippen LogP contribution in [-0.4, -0.2) is 11.5 Å². The minimum absolute atomic E-state index is 0.449. The maximum Gasteiger partial charge on any atom is 0.129 e. The summed E-state index contributed by atoms with van der Waals surface area (Å²) in [6.07, 6.45) is 1.68. The number of pyridine rings is 1. The van der Waals surface area contributed by atoms with Gasteiger partial charge in [-0.25, -0.2) is 4.98 Å². The third-order valence-electron chi connectivity index (χ3n) is 3.04. The van der Waals surface area contributed by atoms with Crippen LogP contribution in [0.15, 0.2) is 42.6 Å². The number of benzene rings is 1. The molecule has 1 heterocycles. The van der Waals surface area contributed by atoms with Crippen molar-refractivity contribution in [2.24, 2.45) is 0 Å². The Hall–Kier alpha value is -2.03. The van der Waals surface area contributed by atoms with E-state index in [1.54, 1.807) is 6.20 Å². The molecular formula is C15H19N3. The van der Waals surface area contributed by atoms with E-state index in [1.165, 1.54) is 5.56 Å². The van der Waals surface area contributed by atoms with Gasteiger partial charge in [-0.1, -0.05) is 37.3 Å². The van der Waals surface area contributed by atoms with Crippen LogP contribution in [0.2, 0.25) is 0 Å². The summed E-state index contributed by atoms with van der Waals surface area (Å²) in [5.41, 5.74) is 8.80. The summed E-state index contributed by atoms with van der Waals surface area (Å²) < 4.78 is 0. The Labute approximate surface area is 108 Å². The van der Waals surface area contributed by atoms with Gasteiger partial charge in [0.1, 0.15) is 5.82 Å². The molecule has 1 aromatic carbocycles. The SMILES string of the molecule is Cc1cc(N)cnc1NCC(C)c1ccccc1. The number of rotatable bonds is 4. The molecule has 0 aliphatic heterocycles. The molecule has 0 amide bonds. The second kappa shape index (κ2) is 5.54. The molecule has 94 valence electrons. The van der Waals surface area contributed by atoms with Crippen LogP contribution in [0, 0.1) is 6.92 Å². The number of aromatic nitrogens is 1. The Morgan fingerprint density at radius 3 is 2.67 bits per heavy atom. The Bertz CT molecular complexity index is 508. The molecule has 0 spiro atoms. The summed E-state index contributed by atoms with van der Waals surface area (Å²) in [6, 6.07) is 12.4. The highest BCUT2D eigenvalue weighted by Crippen LogP contribution is 2.18. The lowest BCUT2D eigenvalue weighted by atomic mass is 10.0. The number of nitrogen functional groups attached to an aromatic ring is 1. The minimum Gasteiger partial charge on any atom is -0.397 e. The smallest absolute Gasteiger partial charge is 0.129 e. The van der Waals surface area contributed by atoms with E-state index in [4.69, 9.17) is 5.73 Å². The molecule has 0 aliphatic carbocycles. The molecule has 0 bridgehead atoms. The first-order valence-electron chi connectivity index (χ1n) is 6.18. The number of nitrogens with one attached hydrogen (secondary N) is 1. The molecule has 0 radical (unpaired) electrons. The van der Waals surface area contributed by atoms with Crippen LogP contribution in [0.4, 0.5) is 11.5 Å². The predicted octanol–water partition coefficient (Wildman–Crippen LogP) is 3.19. The van der Waals surface area contributed by atoms with Crippen molar-refractivity contribution >= 4 is 11.5 Å². The van der Waals surface area contributed by atoms with Crippen molar-refractivity contribution in [2.45, 2.75) is 19.8 Å². The average Bonchev–Trinajstić information content (AvgIpc) is 2.38. The van der Waals surface area contributed by atoms with Gasteiger partial charge < -0.3 is 11.1 Å². The van der Waals surface area contributed by atoms with Crippen molar-refractivity contribution in [3.8, 4) is 0 Å². The fraction of sp³-hybridized carbons (Fsp3) is 0.267. The molecule has 0 aliphatic rings. The second-order valence-electron chi connectivity index (χ2n) is 4.63. The van der Waals surface area contributed by atoms with Crippen molar-refractivity contribution < 1.29 is 0 Å².